The fraction of sp³-hybridized carbons (Fsp3) is 0.286. The molecular weight excluding hydrogens is 348 g/mol. The molecule has 3 rings (SSSR count). The Balaban J connectivity index is 2.32. The van der Waals surface area contributed by atoms with Gasteiger partial charge in [0.1, 0.15) is 17.2 Å². The number of Topliss-reactive ketones (excluding diaryl/α,β-unsaturated/α-hetero) is 3. The summed E-state index contributed by atoms with van der Waals surface area (Å²) in [4.78, 5) is 37.6. The lowest BCUT2D eigenvalue weighted by Crippen LogP contribution is -2.23. The van der Waals surface area contributed by atoms with Gasteiger partial charge in [-0.3, -0.25) is 14.4 Å². The lowest BCUT2D eigenvalue weighted by molar-refractivity contribution is 0.0811. The number of carbonyl (C=O) groups excluding carboxylic acids is 3. The first-order valence-electron chi connectivity index (χ1n) is 8.69. The molecule has 0 aromatic heterocycles. The van der Waals surface area contributed by atoms with E-state index < -0.39 is 28.8 Å². The molecule has 0 bridgehead atoms. The molecule has 0 unspecified atom stereocenters. The highest BCUT2D eigenvalue weighted by Gasteiger charge is 2.39. The van der Waals surface area contributed by atoms with E-state index in [1.165, 1.54) is 25.1 Å². The number of hydrogen-bond donors (Lipinski definition) is 3. The fourth-order valence-corrected chi connectivity index (χ4v) is 3.43. The highest BCUT2D eigenvalue weighted by atomic mass is 16.3. The molecule has 0 saturated carbocycles. The highest BCUT2D eigenvalue weighted by molar-refractivity contribution is 6.54. The van der Waals surface area contributed by atoms with Gasteiger partial charge in [0.25, 0.3) is 0 Å². The monoisotopic (exact) mass is 368 g/mol. The van der Waals surface area contributed by atoms with Gasteiger partial charge in [-0.05, 0) is 25.3 Å². The Morgan fingerprint density at radius 3 is 2.22 bits per heavy atom. The number of rotatable bonds is 4. The zero-order valence-corrected chi connectivity index (χ0v) is 15.3. The number of phenolic OH excluding ortho intramolecular Hbond substituents is 3. The summed E-state index contributed by atoms with van der Waals surface area (Å²) in [5, 5.41) is 31.4. The van der Waals surface area contributed by atoms with E-state index in [1.54, 1.807) is 0 Å². The van der Waals surface area contributed by atoms with Crippen molar-refractivity contribution in [1.29, 1.82) is 0 Å². The van der Waals surface area contributed by atoms with Crippen LogP contribution in [-0.2, 0) is 0 Å². The van der Waals surface area contributed by atoms with Crippen molar-refractivity contribution in [2.75, 3.05) is 0 Å². The van der Waals surface area contributed by atoms with Gasteiger partial charge in [-0.1, -0.05) is 26.0 Å². The Bertz CT molecular complexity index is 1000. The molecular formula is C21H20O6. The van der Waals surface area contributed by atoms with Crippen LogP contribution in [0.1, 0.15) is 63.3 Å². The van der Waals surface area contributed by atoms with Crippen LogP contribution in [0, 0.1) is 12.8 Å². The van der Waals surface area contributed by atoms with Crippen molar-refractivity contribution in [3.8, 4) is 28.4 Å². The van der Waals surface area contributed by atoms with E-state index in [2.05, 4.69) is 0 Å². The maximum Gasteiger partial charge on any atom is 0.238 e. The predicted molar refractivity (Wildman–Crippen MR) is 98.7 cm³/mol. The third kappa shape index (κ3) is 2.77. The van der Waals surface area contributed by atoms with E-state index in [9.17, 15) is 29.7 Å². The number of hydrogen-bond acceptors (Lipinski definition) is 6. The Labute approximate surface area is 156 Å². The highest BCUT2D eigenvalue weighted by Crippen LogP contribution is 2.49. The van der Waals surface area contributed by atoms with E-state index in [0.717, 1.165) is 0 Å². The molecule has 2 aromatic carbocycles. The average molecular weight is 368 g/mol. The quantitative estimate of drug-likeness (QED) is 0.430. The summed E-state index contributed by atoms with van der Waals surface area (Å²) in [6.07, 6.45) is 0.772. The summed E-state index contributed by atoms with van der Waals surface area (Å²) in [6, 6.07) is 4.17. The molecule has 0 saturated heterocycles. The Morgan fingerprint density at radius 2 is 1.59 bits per heavy atom. The minimum atomic E-state index is -1.03. The van der Waals surface area contributed by atoms with Crippen molar-refractivity contribution in [3.63, 3.8) is 0 Å². The van der Waals surface area contributed by atoms with Crippen LogP contribution >= 0.6 is 0 Å². The van der Waals surface area contributed by atoms with E-state index in [1.807, 2.05) is 13.8 Å². The molecule has 0 amide bonds. The van der Waals surface area contributed by atoms with Crippen LogP contribution in [-0.4, -0.2) is 32.7 Å². The molecule has 140 valence electrons. The standard InChI is InChI=1S/C21H20O6/c1-9(2)7-8-13(23)14-10(3)18(24)17-16(19(14)25)11-5-4-6-12(22)15(11)20(26)21(17)27/h4-6,9,22,24-25H,7-8H2,1-3H3. The summed E-state index contributed by atoms with van der Waals surface area (Å²) >= 11 is 0. The molecule has 0 spiro atoms. The molecule has 0 fully saturated rings. The second kappa shape index (κ2) is 6.54. The van der Waals surface area contributed by atoms with Gasteiger partial charge in [0.05, 0.1) is 16.7 Å². The Hall–Kier alpha value is -3.15. The normalized spacial score (nSPS) is 12.9. The first-order valence-corrected chi connectivity index (χ1v) is 8.69. The third-order valence-corrected chi connectivity index (χ3v) is 4.89. The van der Waals surface area contributed by atoms with Crippen molar-refractivity contribution in [1.82, 2.24) is 0 Å². The average Bonchev–Trinajstić information content (AvgIpc) is 2.61. The molecule has 0 heterocycles. The summed E-state index contributed by atoms with van der Waals surface area (Å²) < 4.78 is 0. The van der Waals surface area contributed by atoms with E-state index in [-0.39, 0.29) is 51.5 Å². The first-order chi connectivity index (χ1) is 12.7. The number of carbonyl (C=O) groups is 3. The number of aromatic hydroxyl groups is 3. The SMILES string of the molecule is Cc1c(O)c2c(c(O)c1C(=O)CCC(C)C)-c1cccc(O)c1C(=O)C2=O. The zero-order valence-electron chi connectivity index (χ0n) is 15.3. The van der Waals surface area contributed by atoms with Gasteiger partial charge in [-0.15, -0.1) is 0 Å². The summed E-state index contributed by atoms with van der Waals surface area (Å²) in [7, 11) is 0. The number of benzene rings is 2. The van der Waals surface area contributed by atoms with E-state index in [0.29, 0.717) is 6.42 Å². The molecule has 0 atom stereocenters. The van der Waals surface area contributed by atoms with Crippen LogP contribution in [0.25, 0.3) is 11.1 Å². The topological polar surface area (TPSA) is 112 Å². The summed E-state index contributed by atoms with van der Waals surface area (Å²) in [6.45, 7) is 5.36. The van der Waals surface area contributed by atoms with Gasteiger partial charge in [0, 0.05) is 23.1 Å². The third-order valence-electron chi connectivity index (χ3n) is 4.89. The Kier molecular flexibility index (Phi) is 4.51. The van der Waals surface area contributed by atoms with Gasteiger partial charge >= 0.3 is 0 Å². The molecule has 27 heavy (non-hydrogen) atoms. The molecule has 2 aromatic rings. The molecule has 0 radical (unpaired) electrons. The fourth-order valence-electron chi connectivity index (χ4n) is 3.43. The van der Waals surface area contributed by atoms with E-state index >= 15 is 0 Å². The largest absolute Gasteiger partial charge is 0.507 e. The predicted octanol–water partition coefficient (Wildman–Crippen LogP) is 3.78. The number of fused-ring (bicyclic) bond motifs is 3. The van der Waals surface area contributed by atoms with Crippen molar-refractivity contribution >= 4 is 17.3 Å². The van der Waals surface area contributed by atoms with Crippen LogP contribution < -0.4 is 0 Å². The first kappa shape index (κ1) is 18.6. The maximum atomic E-state index is 12.7. The van der Waals surface area contributed by atoms with E-state index in [4.69, 9.17) is 0 Å². The number of phenols is 3. The molecule has 0 aliphatic heterocycles. The number of ketones is 3. The molecule has 6 nitrogen and oxygen atoms in total. The minimum absolute atomic E-state index is 0.0600. The maximum absolute atomic E-state index is 12.7. The van der Waals surface area contributed by atoms with Crippen LogP contribution in [0.4, 0.5) is 0 Å². The van der Waals surface area contributed by atoms with Crippen molar-refractivity contribution in [2.24, 2.45) is 5.92 Å². The zero-order chi connectivity index (χ0) is 20.0. The van der Waals surface area contributed by atoms with Gasteiger partial charge < -0.3 is 15.3 Å². The minimum Gasteiger partial charge on any atom is -0.507 e. The van der Waals surface area contributed by atoms with Crippen LogP contribution in [0.2, 0.25) is 0 Å². The van der Waals surface area contributed by atoms with Crippen molar-refractivity contribution < 1.29 is 29.7 Å². The van der Waals surface area contributed by atoms with Crippen LogP contribution in [0.3, 0.4) is 0 Å². The second-order valence-corrected chi connectivity index (χ2v) is 7.16. The molecule has 1 aliphatic carbocycles. The van der Waals surface area contributed by atoms with Crippen LogP contribution in [0.5, 0.6) is 17.2 Å². The van der Waals surface area contributed by atoms with Gasteiger partial charge in [0.2, 0.25) is 11.6 Å². The second-order valence-electron chi connectivity index (χ2n) is 7.16. The molecule has 6 heteroatoms. The van der Waals surface area contributed by atoms with Crippen molar-refractivity contribution in [3.05, 3.63) is 40.5 Å². The molecule has 3 N–H and O–H groups in total. The van der Waals surface area contributed by atoms with Crippen molar-refractivity contribution in [2.45, 2.75) is 33.6 Å². The van der Waals surface area contributed by atoms with Gasteiger partial charge in [-0.25, -0.2) is 0 Å². The van der Waals surface area contributed by atoms with Gasteiger partial charge in [-0.2, -0.15) is 0 Å². The van der Waals surface area contributed by atoms with Crippen LogP contribution in [0.15, 0.2) is 18.2 Å². The lowest BCUT2D eigenvalue weighted by Gasteiger charge is -2.23. The summed E-state index contributed by atoms with van der Waals surface area (Å²) in [5.74, 6) is -3.43. The smallest absolute Gasteiger partial charge is 0.238 e. The molecule has 1 aliphatic rings. The lowest BCUT2D eigenvalue weighted by atomic mass is 9.79. The van der Waals surface area contributed by atoms with Gasteiger partial charge in [0.15, 0.2) is 5.78 Å². The summed E-state index contributed by atoms with van der Waals surface area (Å²) in [5.41, 5.74) is -0.572. The Morgan fingerprint density at radius 1 is 0.963 bits per heavy atom.